The van der Waals surface area contributed by atoms with Crippen LogP contribution in [0, 0.1) is 0 Å². The molecule has 0 fully saturated rings. The Morgan fingerprint density at radius 3 is 2.58 bits per heavy atom. The van der Waals surface area contributed by atoms with Gasteiger partial charge in [0.2, 0.25) is 5.91 Å². The van der Waals surface area contributed by atoms with Crippen molar-refractivity contribution in [2.24, 2.45) is 5.73 Å². The lowest BCUT2D eigenvalue weighted by atomic mass is 10.1. The van der Waals surface area contributed by atoms with Crippen molar-refractivity contribution in [2.45, 2.75) is 25.8 Å². The highest BCUT2D eigenvalue weighted by Crippen LogP contribution is 2.22. The van der Waals surface area contributed by atoms with Crippen LogP contribution in [0.2, 0.25) is 0 Å². The number of rotatable bonds is 6. The number of anilines is 1. The fraction of sp³-hybridized carbons (Fsp3) is 0.211. The number of thiazole rings is 1. The normalized spacial score (nSPS) is 11.9. The number of hydrogen-bond donors (Lipinski definition) is 3. The Hall–Kier alpha value is -2.93. The van der Waals surface area contributed by atoms with E-state index in [0.717, 1.165) is 20.8 Å². The average molecular weight is 368 g/mol. The first kappa shape index (κ1) is 17.9. The molecule has 26 heavy (non-hydrogen) atoms. The third-order valence-corrected chi connectivity index (χ3v) is 5.06. The van der Waals surface area contributed by atoms with Crippen molar-refractivity contribution in [1.29, 1.82) is 0 Å². The number of aryl methyl sites for hydroxylation is 1. The van der Waals surface area contributed by atoms with Gasteiger partial charge in [0.1, 0.15) is 0 Å². The van der Waals surface area contributed by atoms with Crippen molar-refractivity contribution in [3.05, 3.63) is 59.1 Å². The minimum absolute atomic E-state index is 0.0175. The molecule has 134 valence electrons. The van der Waals surface area contributed by atoms with E-state index in [9.17, 15) is 9.59 Å². The van der Waals surface area contributed by atoms with Gasteiger partial charge in [-0.05, 0) is 36.8 Å². The van der Waals surface area contributed by atoms with Crippen LogP contribution in [-0.2, 0) is 11.2 Å². The van der Waals surface area contributed by atoms with Crippen molar-refractivity contribution in [3.63, 3.8) is 0 Å². The molecule has 1 atom stereocenters. The van der Waals surface area contributed by atoms with E-state index in [0.29, 0.717) is 18.5 Å². The van der Waals surface area contributed by atoms with E-state index in [1.54, 1.807) is 23.5 Å². The molecule has 2 aromatic carbocycles. The summed E-state index contributed by atoms with van der Waals surface area (Å²) in [7, 11) is 0. The van der Waals surface area contributed by atoms with E-state index in [-0.39, 0.29) is 11.9 Å². The first-order valence-electron chi connectivity index (χ1n) is 8.31. The largest absolute Gasteiger partial charge is 0.351 e. The van der Waals surface area contributed by atoms with Gasteiger partial charge in [0.25, 0.3) is 0 Å². The highest BCUT2D eigenvalue weighted by molar-refractivity contribution is 7.18. The van der Waals surface area contributed by atoms with Crippen LogP contribution >= 0.6 is 11.3 Å². The number of nitrogens with one attached hydrogen (secondary N) is 2. The van der Waals surface area contributed by atoms with Crippen molar-refractivity contribution < 1.29 is 9.59 Å². The maximum atomic E-state index is 12.2. The van der Waals surface area contributed by atoms with E-state index in [2.05, 4.69) is 15.6 Å². The number of urea groups is 1. The molecule has 3 rings (SSSR count). The molecule has 4 N–H and O–H groups in total. The lowest BCUT2D eigenvalue weighted by Gasteiger charge is -2.14. The highest BCUT2D eigenvalue weighted by Gasteiger charge is 2.11. The first-order chi connectivity index (χ1) is 12.5. The standard InChI is InChI=1S/C19H20N4O2S/c1-12(13-6-8-14(9-7-13)22-19(20)25)21-17(24)10-11-18-23-15-4-2-3-5-16(15)26-18/h2-9,12H,10-11H2,1H3,(H,21,24)(H3,20,22,25)/t12-/m1/s1. The molecule has 1 aromatic heterocycles. The summed E-state index contributed by atoms with van der Waals surface area (Å²) in [5.74, 6) is -0.0175. The van der Waals surface area contributed by atoms with E-state index in [1.165, 1.54) is 0 Å². The highest BCUT2D eigenvalue weighted by atomic mass is 32.1. The Morgan fingerprint density at radius 1 is 1.15 bits per heavy atom. The monoisotopic (exact) mass is 368 g/mol. The van der Waals surface area contributed by atoms with Gasteiger partial charge < -0.3 is 16.4 Å². The van der Waals surface area contributed by atoms with Crippen molar-refractivity contribution in [1.82, 2.24) is 10.3 Å². The molecule has 0 unspecified atom stereocenters. The summed E-state index contributed by atoms with van der Waals surface area (Å²) in [5.41, 5.74) is 7.63. The van der Waals surface area contributed by atoms with Crippen LogP contribution in [0.15, 0.2) is 48.5 Å². The molecule has 6 nitrogen and oxygen atoms in total. The number of fused-ring (bicyclic) bond motifs is 1. The molecular formula is C19H20N4O2S. The van der Waals surface area contributed by atoms with Crippen LogP contribution in [0.1, 0.15) is 30.0 Å². The molecule has 0 aliphatic carbocycles. The number of benzene rings is 2. The Bertz CT molecular complexity index is 888. The molecule has 3 amide bonds. The predicted molar refractivity (Wildman–Crippen MR) is 104 cm³/mol. The fourth-order valence-electron chi connectivity index (χ4n) is 2.64. The van der Waals surface area contributed by atoms with Gasteiger partial charge in [0.05, 0.1) is 21.3 Å². The van der Waals surface area contributed by atoms with E-state index >= 15 is 0 Å². The number of nitrogens with zero attached hydrogens (tertiary/aromatic N) is 1. The van der Waals surface area contributed by atoms with Crippen LogP contribution in [0.3, 0.4) is 0 Å². The van der Waals surface area contributed by atoms with Gasteiger partial charge in [-0.2, -0.15) is 0 Å². The molecular weight excluding hydrogens is 348 g/mol. The number of hydrogen-bond acceptors (Lipinski definition) is 4. The molecule has 0 spiro atoms. The zero-order valence-electron chi connectivity index (χ0n) is 14.4. The molecule has 1 heterocycles. The predicted octanol–water partition coefficient (Wildman–Crippen LogP) is 3.60. The van der Waals surface area contributed by atoms with Gasteiger partial charge in [0.15, 0.2) is 0 Å². The molecule has 0 bridgehead atoms. The first-order valence-corrected chi connectivity index (χ1v) is 9.13. The molecule has 0 aliphatic rings. The molecule has 0 saturated heterocycles. The maximum absolute atomic E-state index is 12.2. The van der Waals surface area contributed by atoms with Gasteiger partial charge in [0, 0.05) is 18.5 Å². The summed E-state index contributed by atoms with van der Waals surface area (Å²) in [4.78, 5) is 27.6. The zero-order valence-corrected chi connectivity index (χ0v) is 15.2. The average Bonchev–Trinajstić information content (AvgIpc) is 3.03. The van der Waals surface area contributed by atoms with E-state index in [4.69, 9.17) is 5.73 Å². The summed E-state index contributed by atoms with van der Waals surface area (Å²) in [5, 5.41) is 6.46. The third kappa shape index (κ3) is 4.58. The summed E-state index contributed by atoms with van der Waals surface area (Å²) in [6.45, 7) is 1.92. The fourth-order valence-corrected chi connectivity index (χ4v) is 3.61. The Balaban J connectivity index is 1.52. The summed E-state index contributed by atoms with van der Waals surface area (Å²) in [6, 6.07) is 14.5. The van der Waals surface area contributed by atoms with Crippen LogP contribution in [0.5, 0.6) is 0 Å². The lowest BCUT2D eigenvalue weighted by molar-refractivity contribution is -0.121. The number of aromatic nitrogens is 1. The lowest BCUT2D eigenvalue weighted by Crippen LogP contribution is -2.26. The maximum Gasteiger partial charge on any atom is 0.316 e. The van der Waals surface area contributed by atoms with E-state index in [1.807, 2.05) is 43.3 Å². The summed E-state index contributed by atoms with van der Waals surface area (Å²) >= 11 is 1.63. The van der Waals surface area contributed by atoms with Gasteiger partial charge in [-0.1, -0.05) is 24.3 Å². The van der Waals surface area contributed by atoms with Crippen LogP contribution in [0.4, 0.5) is 10.5 Å². The summed E-state index contributed by atoms with van der Waals surface area (Å²) < 4.78 is 1.14. The number of amides is 3. The minimum Gasteiger partial charge on any atom is -0.351 e. The summed E-state index contributed by atoms with van der Waals surface area (Å²) in [6.07, 6.45) is 1.02. The SMILES string of the molecule is C[C@@H](NC(=O)CCc1nc2ccccc2s1)c1ccc(NC(N)=O)cc1. The quantitative estimate of drug-likeness (QED) is 0.620. The van der Waals surface area contributed by atoms with Gasteiger partial charge >= 0.3 is 6.03 Å². The van der Waals surface area contributed by atoms with Gasteiger partial charge in [-0.3, -0.25) is 4.79 Å². The molecule has 0 radical (unpaired) electrons. The molecule has 0 aliphatic heterocycles. The zero-order chi connectivity index (χ0) is 18.5. The van der Waals surface area contributed by atoms with Crippen LogP contribution in [0.25, 0.3) is 10.2 Å². The number of carbonyl (C=O) groups excluding carboxylic acids is 2. The smallest absolute Gasteiger partial charge is 0.316 e. The second-order valence-corrected chi connectivity index (χ2v) is 7.09. The Labute approximate surface area is 155 Å². The van der Waals surface area contributed by atoms with Gasteiger partial charge in [-0.25, -0.2) is 9.78 Å². The number of carbonyl (C=O) groups is 2. The van der Waals surface area contributed by atoms with Crippen molar-refractivity contribution in [3.8, 4) is 0 Å². The third-order valence-electron chi connectivity index (χ3n) is 3.96. The number of para-hydroxylation sites is 1. The topological polar surface area (TPSA) is 97.1 Å². The van der Waals surface area contributed by atoms with Crippen LogP contribution < -0.4 is 16.4 Å². The molecule has 3 aromatic rings. The van der Waals surface area contributed by atoms with Crippen molar-refractivity contribution >= 4 is 39.2 Å². The van der Waals surface area contributed by atoms with Crippen molar-refractivity contribution in [2.75, 3.05) is 5.32 Å². The number of nitrogens with two attached hydrogens (primary N) is 1. The van der Waals surface area contributed by atoms with Crippen LogP contribution in [-0.4, -0.2) is 16.9 Å². The second kappa shape index (κ2) is 7.97. The number of primary amides is 1. The molecule has 0 saturated carbocycles. The minimum atomic E-state index is -0.603. The Kier molecular flexibility index (Phi) is 5.48. The van der Waals surface area contributed by atoms with E-state index < -0.39 is 6.03 Å². The second-order valence-electron chi connectivity index (χ2n) is 5.98. The van der Waals surface area contributed by atoms with Gasteiger partial charge in [-0.15, -0.1) is 11.3 Å². The molecule has 7 heteroatoms. The Morgan fingerprint density at radius 2 is 1.88 bits per heavy atom.